The number of methoxy groups -OCH3 is 2. The van der Waals surface area contributed by atoms with Crippen LogP contribution in [0.25, 0.3) is 0 Å². The minimum atomic E-state index is -0.250. The SMILES string of the molecule is COc1cc(O)c(C(=O)CCN)c(OC)c1. The van der Waals surface area contributed by atoms with Gasteiger partial charge in [-0.1, -0.05) is 0 Å². The number of carbonyl (C=O) groups is 1. The molecule has 3 N–H and O–H groups in total. The van der Waals surface area contributed by atoms with E-state index in [1.54, 1.807) is 6.07 Å². The molecule has 0 radical (unpaired) electrons. The first-order chi connectivity index (χ1) is 7.63. The highest BCUT2D eigenvalue weighted by Gasteiger charge is 2.18. The fourth-order valence-electron chi connectivity index (χ4n) is 1.39. The van der Waals surface area contributed by atoms with Crippen LogP contribution in [0.2, 0.25) is 0 Å². The van der Waals surface area contributed by atoms with Crippen molar-refractivity contribution in [2.75, 3.05) is 20.8 Å². The summed E-state index contributed by atoms with van der Waals surface area (Å²) in [4.78, 5) is 11.7. The number of ether oxygens (including phenoxy) is 2. The van der Waals surface area contributed by atoms with Crippen molar-refractivity contribution in [3.05, 3.63) is 17.7 Å². The minimum Gasteiger partial charge on any atom is -0.507 e. The number of rotatable bonds is 5. The Kier molecular flexibility index (Phi) is 4.13. The van der Waals surface area contributed by atoms with E-state index >= 15 is 0 Å². The van der Waals surface area contributed by atoms with E-state index in [2.05, 4.69) is 0 Å². The van der Waals surface area contributed by atoms with Crippen molar-refractivity contribution >= 4 is 5.78 Å². The molecule has 0 aliphatic carbocycles. The smallest absolute Gasteiger partial charge is 0.171 e. The average molecular weight is 225 g/mol. The second-order valence-electron chi connectivity index (χ2n) is 3.19. The highest BCUT2D eigenvalue weighted by molar-refractivity contribution is 6.01. The normalized spacial score (nSPS) is 9.94. The lowest BCUT2D eigenvalue weighted by molar-refractivity contribution is 0.0979. The Hall–Kier alpha value is -1.75. The Morgan fingerprint density at radius 1 is 1.38 bits per heavy atom. The van der Waals surface area contributed by atoms with Crippen LogP contribution in [0.3, 0.4) is 0 Å². The zero-order chi connectivity index (χ0) is 12.1. The summed E-state index contributed by atoms with van der Waals surface area (Å²) in [5.41, 5.74) is 5.44. The van der Waals surface area contributed by atoms with Crippen LogP contribution in [-0.2, 0) is 0 Å². The predicted octanol–water partition coefficient (Wildman–Crippen LogP) is 0.941. The maximum atomic E-state index is 11.7. The highest BCUT2D eigenvalue weighted by Crippen LogP contribution is 2.33. The van der Waals surface area contributed by atoms with Gasteiger partial charge in [0.05, 0.1) is 14.2 Å². The van der Waals surface area contributed by atoms with Gasteiger partial charge in [0.15, 0.2) is 5.78 Å². The van der Waals surface area contributed by atoms with Gasteiger partial charge in [-0.25, -0.2) is 0 Å². The van der Waals surface area contributed by atoms with Crippen LogP contribution in [-0.4, -0.2) is 31.7 Å². The summed E-state index contributed by atoms with van der Waals surface area (Å²) in [5, 5.41) is 9.71. The maximum Gasteiger partial charge on any atom is 0.171 e. The number of hydrogen-bond donors (Lipinski definition) is 2. The van der Waals surface area contributed by atoms with E-state index in [0.717, 1.165) is 0 Å². The molecule has 1 aromatic carbocycles. The molecule has 1 rings (SSSR count). The van der Waals surface area contributed by atoms with E-state index in [1.807, 2.05) is 0 Å². The van der Waals surface area contributed by atoms with Crippen LogP contribution in [0.4, 0.5) is 0 Å². The van der Waals surface area contributed by atoms with Crippen molar-refractivity contribution in [1.82, 2.24) is 0 Å². The van der Waals surface area contributed by atoms with Gasteiger partial charge >= 0.3 is 0 Å². The van der Waals surface area contributed by atoms with Crippen molar-refractivity contribution in [1.29, 1.82) is 0 Å². The first kappa shape index (κ1) is 12.3. The van der Waals surface area contributed by atoms with E-state index in [1.165, 1.54) is 20.3 Å². The molecule has 0 heterocycles. The number of carbonyl (C=O) groups excluding carboxylic acids is 1. The maximum absolute atomic E-state index is 11.7. The molecule has 0 bridgehead atoms. The monoisotopic (exact) mass is 225 g/mol. The number of nitrogens with two attached hydrogens (primary N) is 1. The molecular formula is C11H15NO4. The molecule has 0 aromatic heterocycles. The van der Waals surface area contributed by atoms with E-state index in [-0.39, 0.29) is 35.8 Å². The molecule has 0 amide bonds. The molecule has 0 saturated carbocycles. The molecular weight excluding hydrogens is 210 g/mol. The number of phenolic OH excluding ortho intramolecular Hbond substituents is 1. The van der Waals surface area contributed by atoms with E-state index < -0.39 is 0 Å². The van der Waals surface area contributed by atoms with Gasteiger partial charge in [-0.15, -0.1) is 0 Å². The van der Waals surface area contributed by atoms with Crippen molar-refractivity contribution in [3.63, 3.8) is 0 Å². The topological polar surface area (TPSA) is 81.8 Å². The summed E-state index contributed by atoms with van der Waals surface area (Å²) in [5.74, 6) is 0.308. The third-order valence-corrected chi connectivity index (χ3v) is 2.16. The van der Waals surface area contributed by atoms with E-state index in [4.69, 9.17) is 15.2 Å². The van der Waals surface area contributed by atoms with Gasteiger partial charge in [0, 0.05) is 18.6 Å². The Morgan fingerprint density at radius 2 is 2.06 bits per heavy atom. The van der Waals surface area contributed by atoms with Gasteiger partial charge in [-0.05, 0) is 6.54 Å². The second-order valence-corrected chi connectivity index (χ2v) is 3.19. The Balaban J connectivity index is 3.21. The van der Waals surface area contributed by atoms with Crippen molar-refractivity contribution < 1.29 is 19.4 Å². The Bertz CT molecular complexity index is 390. The van der Waals surface area contributed by atoms with Crippen LogP contribution in [0, 0.1) is 0 Å². The molecule has 0 atom stereocenters. The summed E-state index contributed by atoms with van der Waals surface area (Å²) in [6, 6.07) is 2.91. The van der Waals surface area contributed by atoms with E-state index in [0.29, 0.717) is 5.75 Å². The fraction of sp³-hybridized carbons (Fsp3) is 0.364. The number of aromatic hydroxyl groups is 1. The largest absolute Gasteiger partial charge is 0.507 e. The molecule has 88 valence electrons. The number of Topliss-reactive ketones (excluding diaryl/α,β-unsaturated/α-hetero) is 1. The zero-order valence-corrected chi connectivity index (χ0v) is 9.32. The van der Waals surface area contributed by atoms with Gasteiger partial charge in [0.25, 0.3) is 0 Å². The van der Waals surface area contributed by atoms with Crippen molar-refractivity contribution in [2.24, 2.45) is 5.73 Å². The highest BCUT2D eigenvalue weighted by atomic mass is 16.5. The quantitative estimate of drug-likeness (QED) is 0.729. The zero-order valence-electron chi connectivity index (χ0n) is 9.32. The number of ketones is 1. The Morgan fingerprint density at radius 3 is 2.56 bits per heavy atom. The molecule has 0 unspecified atom stereocenters. The van der Waals surface area contributed by atoms with Crippen LogP contribution in [0.15, 0.2) is 12.1 Å². The summed E-state index contributed by atoms with van der Waals surface area (Å²) in [6.45, 7) is 0.230. The molecule has 16 heavy (non-hydrogen) atoms. The molecule has 0 spiro atoms. The van der Waals surface area contributed by atoms with Crippen molar-refractivity contribution in [3.8, 4) is 17.2 Å². The van der Waals surface area contributed by atoms with E-state index in [9.17, 15) is 9.90 Å². The van der Waals surface area contributed by atoms with Gasteiger partial charge in [0.2, 0.25) is 0 Å². The minimum absolute atomic E-state index is 0.147. The first-order valence-electron chi connectivity index (χ1n) is 4.82. The first-order valence-corrected chi connectivity index (χ1v) is 4.82. The average Bonchev–Trinajstić information content (AvgIpc) is 2.27. The van der Waals surface area contributed by atoms with Crippen LogP contribution >= 0.6 is 0 Å². The van der Waals surface area contributed by atoms with Gasteiger partial charge in [-0.3, -0.25) is 4.79 Å². The number of hydrogen-bond acceptors (Lipinski definition) is 5. The lowest BCUT2D eigenvalue weighted by Gasteiger charge is -2.11. The third-order valence-electron chi connectivity index (χ3n) is 2.16. The molecule has 5 nitrogen and oxygen atoms in total. The summed E-state index contributed by atoms with van der Waals surface area (Å²) in [6.07, 6.45) is 0.163. The molecule has 0 aliphatic heterocycles. The van der Waals surface area contributed by atoms with Crippen LogP contribution in [0.5, 0.6) is 17.2 Å². The Labute approximate surface area is 93.8 Å². The standard InChI is InChI=1S/C11H15NO4/c1-15-7-5-9(14)11(8(13)3-4-12)10(6-7)16-2/h5-6,14H,3-4,12H2,1-2H3. The van der Waals surface area contributed by atoms with Crippen molar-refractivity contribution in [2.45, 2.75) is 6.42 Å². The number of benzene rings is 1. The third kappa shape index (κ3) is 2.43. The lowest BCUT2D eigenvalue weighted by atomic mass is 10.1. The summed E-state index contributed by atoms with van der Waals surface area (Å²) >= 11 is 0. The fourth-order valence-corrected chi connectivity index (χ4v) is 1.39. The van der Waals surface area contributed by atoms with Crippen LogP contribution in [0.1, 0.15) is 16.8 Å². The van der Waals surface area contributed by atoms with Gasteiger partial charge in [-0.2, -0.15) is 0 Å². The van der Waals surface area contributed by atoms with Gasteiger partial charge < -0.3 is 20.3 Å². The number of phenols is 1. The predicted molar refractivity (Wildman–Crippen MR) is 59.2 cm³/mol. The summed E-state index contributed by atoms with van der Waals surface area (Å²) < 4.78 is 9.99. The molecule has 0 fully saturated rings. The second kappa shape index (κ2) is 5.37. The molecule has 0 saturated heterocycles. The van der Waals surface area contributed by atoms with Gasteiger partial charge in [0.1, 0.15) is 22.8 Å². The summed E-state index contributed by atoms with van der Waals surface area (Å²) in [7, 11) is 2.89. The lowest BCUT2D eigenvalue weighted by Crippen LogP contribution is -2.09. The molecule has 5 heteroatoms. The van der Waals surface area contributed by atoms with Crippen LogP contribution < -0.4 is 15.2 Å². The molecule has 0 aliphatic rings. The molecule has 1 aromatic rings.